The first kappa shape index (κ1) is 23.0. The molecule has 1 aromatic heterocycles. The summed E-state index contributed by atoms with van der Waals surface area (Å²) in [7, 11) is -0.257. The second-order valence-corrected chi connectivity index (χ2v) is 15.8. The average Bonchev–Trinajstić information content (AvgIpc) is 3.14. The van der Waals surface area contributed by atoms with Gasteiger partial charge in [0.2, 0.25) is 5.91 Å². The van der Waals surface area contributed by atoms with Gasteiger partial charge in [-0.15, -0.1) is 16.9 Å². The Kier molecular flexibility index (Phi) is 5.98. The van der Waals surface area contributed by atoms with Crippen LogP contribution in [0.25, 0.3) is 6.08 Å². The average molecular weight is 453 g/mol. The van der Waals surface area contributed by atoms with Gasteiger partial charge in [0.05, 0.1) is 28.8 Å². The third kappa shape index (κ3) is 3.96. The van der Waals surface area contributed by atoms with E-state index in [1.54, 1.807) is 29.7 Å². The molecule has 2 saturated heterocycles. The Bertz CT molecular complexity index is 878. The van der Waals surface area contributed by atoms with Gasteiger partial charge in [0.15, 0.2) is 8.32 Å². The number of aryl methyl sites for hydroxylation is 1. The first-order valence-corrected chi connectivity index (χ1v) is 14.0. The highest BCUT2D eigenvalue weighted by atomic mass is 32.2. The molecule has 2 aliphatic rings. The number of amides is 1. The summed E-state index contributed by atoms with van der Waals surface area (Å²) in [5.41, 5.74) is 1.54. The molecule has 0 aromatic carbocycles. The third-order valence-electron chi connectivity index (χ3n) is 6.48. The lowest BCUT2D eigenvalue weighted by Crippen LogP contribution is -2.65. The first-order valence-electron chi connectivity index (χ1n) is 10.2. The molecule has 166 valence electrons. The van der Waals surface area contributed by atoms with Gasteiger partial charge in [-0.2, -0.15) is 0 Å². The summed E-state index contributed by atoms with van der Waals surface area (Å²) in [6.07, 6.45) is 3.38. The van der Waals surface area contributed by atoms with E-state index in [9.17, 15) is 14.7 Å². The highest BCUT2D eigenvalue weighted by Crippen LogP contribution is 2.52. The lowest BCUT2D eigenvalue weighted by molar-refractivity contribution is -0.166. The minimum atomic E-state index is -2.04. The number of nitrogens with zero attached hydrogens (tertiary/aromatic N) is 4. The maximum absolute atomic E-state index is 13.0. The van der Waals surface area contributed by atoms with Crippen molar-refractivity contribution in [1.82, 2.24) is 19.9 Å². The SMILES string of the molecule is C/C(=C\c1cn(C)nn1)C1S[C@@H]2[C@@H]([C@@H](C)O[Si](C)(C)C(C)(C)C)C(=O)N2C1C(=O)O. The third-order valence-corrected chi connectivity index (χ3v) is 12.8. The molecular weight excluding hydrogens is 420 g/mol. The molecule has 3 rings (SSSR count). The zero-order valence-electron chi connectivity index (χ0n) is 18.9. The Balaban J connectivity index is 1.81. The molecule has 10 heteroatoms. The van der Waals surface area contributed by atoms with E-state index in [1.807, 2.05) is 19.9 Å². The molecule has 30 heavy (non-hydrogen) atoms. The molecule has 2 unspecified atom stereocenters. The predicted octanol–water partition coefficient (Wildman–Crippen LogP) is 2.98. The van der Waals surface area contributed by atoms with Crippen molar-refractivity contribution in [3.8, 4) is 0 Å². The van der Waals surface area contributed by atoms with Gasteiger partial charge in [-0.1, -0.05) is 31.6 Å². The smallest absolute Gasteiger partial charge is 0.327 e. The van der Waals surface area contributed by atoms with Crippen LogP contribution in [-0.2, 0) is 21.1 Å². The number of hydrogen-bond acceptors (Lipinski definition) is 6. The summed E-state index contributed by atoms with van der Waals surface area (Å²) < 4.78 is 8.07. The summed E-state index contributed by atoms with van der Waals surface area (Å²) in [6, 6.07) is -0.878. The van der Waals surface area contributed by atoms with Gasteiger partial charge >= 0.3 is 5.97 Å². The van der Waals surface area contributed by atoms with Crippen LogP contribution in [0.4, 0.5) is 0 Å². The Morgan fingerprint density at radius 2 is 2.03 bits per heavy atom. The second-order valence-electron chi connectivity index (χ2n) is 9.79. The van der Waals surface area contributed by atoms with Gasteiger partial charge < -0.3 is 14.4 Å². The number of carboxylic acids is 1. The zero-order chi connectivity index (χ0) is 22.6. The normalized spacial score (nSPS) is 28.3. The largest absolute Gasteiger partial charge is 0.480 e. The number of β-lactam (4-membered cyclic amide) rings is 1. The number of carbonyl (C=O) groups excluding carboxylic acids is 1. The molecule has 2 fully saturated rings. The molecular formula is C20H32N4O4SSi. The Hall–Kier alpha value is -1.65. The number of aromatic nitrogens is 3. The Morgan fingerprint density at radius 3 is 2.53 bits per heavy atom. The fourth-order valence-electron chi connectivity index (χ4n) is 3.83. The fraction of sp³-hybridized carbons (Fsp3) is 0.700. The van der Waals surface area contributed by atoms with Gasteiger partial charge in [-0.25, -0.2) is 4.79 Å². The number of hydrogen-bond donors (Lipinski definition) is 1. The highest BCUT2D eigenvalue weighted by molar-refractivity contribution is 8.01. The van der Waals surface area contributed by atoms with Crippen molar-refractivity contribution < 1.29 is 19.1 Å². The number of carbonyl (C=O) groups is 2. The maximum atomic E-state index is 13.0. The van der Waals surface area contributed by atoms with E-state index in [4.69, 9.17) is 4.43 Å². The van der Waals surface area contributed by atoms with Gasteiger partial charge in [0, 0.05) is 7.05 Å². The van der Waals surface area contributed by atoms with Gasteiger partial charge in [0.25, 0.3) is 0 Å². The lowest BCUT2D eigenvalue weighted by Gasteiger charge is -2.48. The Morgan fingerprint density at radius 1 is 1.40 bits per heavy atom. The Labute approximate surface area is 183 Å². The van der Waals surface area contributed by atoms with Gasteiger partial charge in [0.1, 0.15) is 11.7 Å². The van der Waals surface area contributed by atoms with E-state index in [2.05, 4.69) is 44.2 Å². The van der Waals surface area contributed by atoms with Crippen molar-refractivity contribution in [1.29, 1.82) is 0 Å². The predicted molar refractivity (Wildman–Crippen MR) is 119 cm³/mol. The minimum Gasteiger partial charge on any atom is -0.480 e. The lowest BCUT2D eigenvalue weighted by atomic mass is 9.90. The quantitative estimate of drug-likeness (QED) is 0.523. The highest BCUT2D eigenvalue weighted by Gasteiger charge is 2.63. The van der Waals surface area contributed by atoms with Crippen LogP contribution in [0.1, 0.15) is 40.3 Å². The van der Waals surface area contributed by atoms with Crippen molar-refractivity contribution in [3.63, 3.8) is 0 Å². The molecule has 1 aromatic rings. The summed E-state index contributed by atoms with van der Waals surface area (Å²) >= 11 is 1.54. The molecule has 1 amide bonds. The van der Waals surface area contributed by atoms with Crippen LogP contribution >= 0.6 is 11.8 Å². The van der Waals surface area contributed by atoms with Crippen molar-refractivity contribution in [2.75, 3.05) is 0 Å². The minimum absolute atomic E-state index is 0.0404. The molecule has 0 radical (unpaired) electrons. The topological polar surface area (TPSA) is 97.5 Å². The van der Waals surface area contributed by atoms with E-state index >= 15 is 0 Å². The van der Waals surface area contributed by atoms with Crippen LogP contribution in [-0.4, -0.2) is 68.0 Å². The summed E-state index contributed by atoms with van der Waals surface area (Å²) in [6.45, 7) is 14.7. The molecule has 3 heterocycles. The van der Waals surface area contributed by atoms with Crippen LogP contribution in [0.3, 0.4) is 0 Å². The summed E-state index contributed by atoms with van der Waals surface area (Å²) in [5, 5.41) is 17.4. The van der Waals surface area contributed by atoms with E-state index in [0.29, 0.717) is 5.69 Å². The molecule has 0 aliphatic carbocycles. The number of carboxylic acid groups (broad SMARTS) is 1. The molecule has 1 N–H and O–H groups in total. The van der Waals surface area contributed by atoms with E-state index in [0.717, 1.165) is 5.57 Å². The van der Waals surface area contributed by atoms with Crippen LogP contribution in [0.5, 0.6) is 0 Å². The van der Waals surface area contributed by atoms with Crippen molar-refractivity contribution in [2.24, 2.45) is 13.0 Å². The molecule has 5 atom stereocenters. The van der Waals surface area contributed by atoms with E-state index in [-0.39, 0.29) is 33.6 Å². The molecule has 8 nitrogen and oxygen atoms in total. The van der Waals surface area contributed by atoms with Crippen molar-refractivity contribution in [3.05, 3.63) is 17.5 Å². The van der Waals surface area contributed by atoms with E-state index in [1.165, 1.54) is 4.90 Å². The summed E-state index contributed by atoms with van der Waals surface area (Å²) in [5.74, 6) is -1.42. The van der Waals surface area contributed by atoms with Crippen LogP contribution < -0.4 is 0 Å². The number of rotatable bonds is 6. The van der Waals surface area contributed by atoms with Crippen LogP contribution in [0.2, 0.25) is 18.1 Å². The van der Waals surface area contributed by atoms with Crippen molar-refractivity contribution in [2.45, 2.75) is 75.5 Å². The van der Waals surface area contributed by atoms with Gasteiger partial charge in [-0.05, 0) is 38.1 Å². The van der Waals surface area contributed by atoms with Crippen molar-refractivity contribution >= 4 is 38.0 Å². The summed E-state index contributed by atoms with van der Waals surface area (Å²) in [4.78, 5) is 26.6. The standard InChI is InChI=1S/C20H32N4O4SSi/c1-11(9-13-10-23(6)22-21-13)16-15(19(26)27)24-17(25)14(18(24)29-16)12(2)28-30(7,8)20(3,4)5/h9-10,12,14-16,18H,1-8H3,(H,26,27)/b11-9+/t12-,14+,15?,16?,18-/m1/s1. The molecule has 0 saturated carbocycles. The zero-order valence-corrected chi connectivity index (χ0v) is 20.7. The first-order chi connectivity index (χ1) is 13.7. The van der Waals surface area contributed by atoms with Crippen LogP contribution in [0, 0.1) is 5.92 Å². The van der Waals surface area contributed by atoms with Crippen LogP contribution in [0.15, 0.2) is 11.8 Å². The van der Waals surface area contributed by atoms with E-state index < -0.39 is 20.3 Å². The molecule has 0 spiro atoms. The monoisotopic (exact) mass is 452 g/mol. The number of aliphatic carboxylic acids is 1. The van der Waals surface area contributed by atoms with Gasteiger partial charge in [-0.3, -0.25) is 9.48 Å². The molecule has 2 aliphatic heterocycles. The number of fused-ring (bicyclic) bond motifs is 1. The maximum Gasteiger partial charge on any atom is 0.327 e. The fourth-order valence-corrected chi connectivity index (χ4v) is 7.11. The second kappa shape index (κ2) is 7.80. The molecule has 0 bridgehead atoms. The number of thioether (sulfide) groups is 1.